The molecule has 1 fully saturated rings. The van der Waals surface area contributed by atoms with Crippen molar-refractivity contribution in [1.82, 2.24) is 14.8 Å². The Morgan fingerprint density at radius 2 is 1.78 bits per heavy atom. The average molecular weight is 426 g/mol. The number of amides is 2. The van der Waals surface area contributed by atoms with E-state index in [9.17, 15) is 9.59 Å². The third-order valence-corrected chi connectivity index (χ3v) is 5.78. The van der Waals surface area contributed by atoms with Gasteiger partial charge >= 0.3 is 0 Å². The summed E-state index contributed by atoms with van der Waals surface area (Å²) in [6.07, 6.45) is 3.92. The molecule has 2 aromatic carbocycles. The molecule has 0 spiro atoms. The van der Waals surface area contributed by atoms with Crippen molar-refractivity contribution in [1.29, 1.82) is 0 Å². The summed E-state index contributed by atoms with van der Waals surface area (Å²) in [5, 5.41) is 0. The standard InChI is InChI=1S/C27H27N3O2/c1-2-15-29-16-17-30(27(32)25-13-6-7-14-28-25)20-24(26(29)31)19-21-9-8-12-23(18-21)22-10-4-3-5-11-22/h2-14,18,24H,1,15-17,19-20H2/t24-/m1/s1. The van der Waals surface area contributed by atoms with Gasteiger partial charge in [0, 0.05) is 32.4 Å². The van der Waals surface area contributed by atoms with E-state index in [0.717, 1.165) is 16.7 Å². The summed E-state index contributed by atoms with van der Waals surface area (Å²) in [6, 6.07) is 23.8. The highest BCUT2D eigenvalue weighted by Crippen LogP contribution is 2.23. The molecular weight excluding hydrogens is 398 g/mol. The Kier molecular flexibility index (Phi) is 6.75. The van der Waals surface area contributed by atoms with Crippen LogP contribution in [0.15, 0.2) is 91.6 Å². The summed E-state index contributed by atoms with van der Waals surface area (Å²) in [4.78, 5) is 34.2. The first-order valence-corrected chi connectivity index (χ1v) is 10.9. The Labute approximate surface area is 189 Å². The van der Waals surface area contributed by atoms with Crippen LogP contribution in [0.4, 0.5) is 0 Å². The summed E-state index contributed by atoms with van der Waals surface area (Å²) in [6.45, 7) is 5.61. The lowest BCUT2D eigenvalue weighted by atomic mass is 9.94. The Bertz CT molecular complexity index is 1080. The van der Waals surface area contributed by atoms with Gasteiger partial charge in [-0.2, -0.15) is 0 Å². The highest BCUT2D eigenvalue weighted by Gasteiger charge is 2.32. The van der Waals surface area contributed by atoms with Crippen molar-refractivity contribution in [3.63, 3.8) is 0 Å². The largest absolute Gasteiger partial charge is 0.337 e. The monoisotopic (exact) mass is 425 g/mol. The molecule has 0 unspecified atom stereocenters. The molecule has 1 aliphatic rings. The predicted octanol–water partition coefficient (Wildman–Crippen LogP) is 4.08. The van der Waals surface area contributed by atoms with Crippen LogP contribution in [0.5, 0.6) is 0 Å². The van der Waals surface area contributed by atoms with Gasteiger partial charge in [0.05, 0.1) is 5.92 Å². The number of hydrogen-bond donors (Lipinski definition) is 0. The molecule has 0 N–H and O–H groups in total. The van der Waals surface area contributed by atoms with Gasteiger partial charge in [0.1, 0.15) is 5.69 Å². The molecule has 1 aliphatic heterocycles. The van der Waals surface area contributed by atoms with E-state index in [2.05, 4.69) is 35.8 Å². The summed E-state index contributed by atoms with van der Waals surface area (Å²) in [7, 11) is 0. The molecule has 3 aromatic rings. The normalized spacial score (nSPS) is 16.5. The third kappa shape index (κ3) is 4.94. The number of carbonyl (C=O) groups is 2. The van der Waals surface area contributed by atoms with Crippen LogP contribution in [0.2, 0.25) is 0 Å². The maximum Gasteiger partial charge on any atom is 0.272 e. The van der Waals surface area contributed by atoms with Crippen molar-refractivity contribution in [2.75, 3.05) is 26.2 Å². The predicted molar refractivity (Wildman–Crippen MR) is 126 cm³/mol. The number of hydrogen-bond acceptors (Lipinski definition) is 3. The van der Waals surface area contributed by atoms with E-state index < -0.39 is 0 Å². The van der Waals surface area contributed by atoms with Crippen LogP contribution in [0, 0.1) is 5.92 Å². The lowest BCUT2D eigenvalue weighted by Crippen LogP contribution is -2.38. The highest BCUT2D eigenvalue weighted by atomic mass is 16.2. The molecule has 5 heteroatoms. The van der Waals surface area contributed by atoms with Crippen LogP contribution in [-0.4, -0.2) is 52.8 Å². The fourth-order valence-electron chi connectivity index (χ4n) is 4.16. The zero-order chi connectivity index (χ0) is 22.3. The second kappa shape index (κ2) is 10.1. The second-order valence-corrected chi connectivity index (χ2v) is 8.01. The first kappa shape index (κ1) is 21.5. The smallest absolute Gasteiger partial charge is 0.272 e. The van der Waals surface area contributed by atoms with Crippen molar-refractivity contribution in [3.8, 4) is 11.1 Å². The topological polar surface area (TPSA) is 53.5 Å². The molecular formula is C27H27N3O2. The number of nitrogens with zero attached hydrogens (tertiary/aromatic N) is 3. The van der Waals surface area contributed by atoms with Crippen LogP contribution >= 0.6 is 0 Å². The summed E-state index contributed by atoms with van der Waals surface area (Å²) >= 11 is 0. The minimum atomic E-state index is -0.323. The van der Waals surface area contributed by atoms with E-state index in [1.807, 2.05) is 30.3 Å². The molecule has 1 saturated heterocycles. The minimum Gasteiger partial charge on any atom is -0.337 e. The molecule has 5 nitrogen and oxygen atoms in total. The maximum absolute atomic E-state index is 13.3. The zero-order valence-corrected chi connectivity index (χ0v) is 18.1. The molecule has 4 rings (SSSR count). The fraction of sp³-hybridized carbons (Fsp3) is 0.222. The third-order valence-electron chi connectivity index (χ3n) is 5.78. The van der Waals surface area contributed by atoms with Gasteiger partial charge in [-0.1, -0.05) is 66.7 Å². The molecule has 2 amide bonds. The van der Waals surface area contributed by atoms with E-state index in [0.29, 0.717) is 38.3 Å². The van der Waals surface area contributed by atoms with Crippen LogP contribution in [0.3, 0.4) is 0 Å². The molecule has 0 bridgehead atoms. The van der Waals surface area contributed by atoms with E-state index >= 15 is 0 Å². The van der Waals surface area contributed by atoms with Crippen LogP contribution in [0.25, 0.3) is 11.1 Å². The van der Waals surface area contributed by atoms with Crippen molar-refractivity contribution >= 4 is 11.8 Å². The van der Waals surface area contributed by atoms with Crippen LogP contribution in [-0.2, 0) is 11.2 Å². The summed E-state index contributed by atoms with van der Waals surface area (Å²) in [5.41, 5.74) is 3.74. The van der Waals surface area contributed by atoms with Gasteiger partial charge in [0.25, 0.3) is 5.91 Å². The molecule has 0 saturated carbocycles. The van der Waals surface area contributed by atoms with Gasteiger partial charge in [-0.05, 0) is 35.2 Å². The van der Waals surface area contributed by atoms with E-state index in [1.165, 1.54) is 0 Å². The van der Waals surface area contributed by atoms with Crippen molar-refractivity contribution in [2.24, 2.45) is 5.92 Å². The molecule has 0 aliphatic carbocycles. The number of aromatic nitrogens is 1. The van der Waals surface area contributed by atoms with Crippen LogP contribution < -0.4 is 0 Å². The second-order valence-electron chi connectivity index (χ2n) is 8.01. The van der Waals surface area contributed by atoms with Gasteiger partial charge in [-0.25, -0.2) is 0 Å². The van der Waals surface area contributed by atoms with Gasteiger partial charge in [0.2, 0.25) is 5.91 Å². The summed E-state index contributed by atoms with van der Waals surface area (Å²) < 4.78 is 0. The minimum absolute atomic E-state index is 0.0614. The van der Waals surface area contributed by atoms with Crippen molar-refractivity contribution < 1.29 is 9.59 Å². The Balaban J connectivity index is 1.59. The fourth-order valence-corrected chi connectivity index (χ4v) is 4.16. The van der Waals surface area contributed by atoms with Gasteiger partial charge in [0.15, 0.2) is 0 Å². The van der Waals surface area contributed by atoms with Gasteiger partial charge in [-0.15, -0.1) is 6.58 Å². The zero-order valence-electron chi connectivity index (χ0n) is 18.1. The molecule has 32 heavy (non-hydrogen) atoms. The Morgan fingerprint density at radius 3 is 2.53 bits per heavy atom. The average Bonchev–Trinajstić information content (AvgIpc) is 2.99. The van der Waals surface area contributed by atoms with Crippen molar-refractivity contribution in [2.45, 2.75) is 6.42 Å². The van der Waals surface area contributed by atoms with E-state index in [-0.39, 0.29) is 17.7 Å². The molecule has 1 atom stereocenters. The number of rotatable bonds is 6. The first-order valence-electron chi connectivity index (χ1n) is 10.9. The molecule has 1 aromatic heterocycles. The molecule has 0 radical (unpaired) electrons. The lowest BCUT2D eigenvalue weighted by Gasteiger charge is -2.23. The molecule has 162 valence electrons. The number of benzene rings is 2. The maximum atomic E-state index is 13.3. The van der Waals surface area contributed by atoms with Gasteiger partial charge < -0.3 is 9.80 Å². The highest BCUT2D eigenvalue weighted by molar-refractivity contribution is 5.93. The lowest BCUT2D eigenvalue weighted by molar-refractivity contribution is -0.134. The van der Waals surface area contributed by atoms with Crippen molar-refractivity contribution in [3.05, 3.63) is 103 Å². The van der Waals surface area contributed by atoms with E-state index in [4.69, 9.17) is 0 Å². The Hall–Kier alpha value is -3.73. The SMILES string of the molecule is C=CCN1CCN(C(=O)c2ccccn2)C[C@@H](Cc2cccc(-c3ccccc3)c2)C1=O. The summed E-state index contributed by atoms with van der Waals surface area (Å²) in [5.74, 6) is -0.399. The quantitative estimate of drug-likeness (QED) is 0.559. The number of carbonyl (C=O) groups excluding carboxylic acids is 2. The Morgan fingerprint density at radius 1 is 1.00 bits per heavy atom. The van der Waals surface area contributed by atoms with E-state index in [1.54, 1.807) is 40.3 Å². The first-order chi connectivity index (χ1) is 15.7. The van der Waals surface area contributed by atoms with Gasteiger partial charge in [-0.3, -0.25) is 14.6 Å². The molecule has 2 heterocycles. The van der Waals surface area contributed by atoms with Crippen LogP contribution in [0.1, 0.15) is 16.1 Å². The number of pyridine rings is 1.